The van der Waals surface area contributed by atoms with Gasteiger partial charge in [-0.1, -0.05) is 6.92 Å². The fourth-order valence-electron chi connectivity index (χ4n) is 4.07. The highest BCUT2D eigenvalue weighted by atomic mass is 16.4. The van der Waals surface area contributed by atoms with Gasteiger partial charge in [-0.3, -0.25) is 9.78 Å². The summed E-state index contributed by atoms with van der Waals surface area (Å²) in [4.78, 5) is 30.1. The molecule has 0 aromatic carbocycles. The Bertz CT molecular complexity index is 866. The van der Waals surface area contributed by atoms with E-state index >= 15 is 0 Å². The molecule has 2 aliphatic carbocycles. The molecule has 0 saturated heterocycles. The van der Waals surface area contributed by atoms with Gasteiger partial charge in [0.1, 0.15) is 5.69 Å². The van der Waals surface area contributed by atoms with Crippen LogP contribution in [0.25, 0.3) is 5.95 Å². The molecular formula is C15H15N4O3-. The number of rotatable bonds is 2. The Labute approximate surface area is 126 Å². The molecule has 1 saturated carbocycles. The van der Waals surface area contributed by atoms with Crippen LogP contribution in [-0.4, -0.2) is 25.7 Å². The van der Waals surface area contributed by atoms with E-state index in [1.165, 1.54) is 10.7 Å². The third-order valence-electron chi connectivity index (χ3n) is 4.89. The molecular weight excluding hydrogens is 284 g/mol. The van der Waals surface area contributed by atoms with Gasteiger partial charge in [-0.2, -0.15) is 5.10 Å². The maximum Gasteiger partial charge on any atom is 0.252 e. The van der Waals surface area contributed by atoms with Crippen molar-refractivity contribution in [3.05, 3.63) is 39.1 Å². The Morgan fingerprint density at radius 1 is 1.55 bits per heavy atom. The summed E-state index contributed by atoms with van der Waals surface area (Å²) in [6, 6.07) is 1.39. The molecule has 0 aliphatic heterocycles. The number of carbonyl (C=O) groups is 1. The van der Waals surface area contributed by atoms with Crippen molar-refractivity contribution in [2.24, 2.45) is 0 Å². The number of carboxylic acids is 1. The summed E-state index contributed by atoms with van der Waals surface area (Å²) in [5.74, 6) is -0.804. The summed E-state index contributed by atoms with van der Waals surface area (Å²) in [6.07, 6.45) is 2.86. The molecule has 2 aromatic heterocycles. The van der Waals surface area contributed by atoms with Crippen molar-refractivity contribution in [2.75, 3.05) is 0 Å². The normalized spacial score (nSPS) is 25.5. The number of hydrogen-bond acceptors (Lipinski definition) is 5. The summed E-state index contributed by atoms with van der Waals surface area (Å²) in [5, 5.41) is 15.6. The van der Waals surface area contributed by atoms with Crippen molar-refractivity contribution < 1.29 is 9.90 Å². The Morgan fingerprint density at radius 2 is 2.32 bits per heavy atom. The smallest absolute Gasteiger partial charge is 0.252 e. The highest BCUT2D eigenvalue weighted by molar-refractivity contribution is 5.86. The molecule has 7 heteroatoms. The Kier molecular flexibility index (Phi) is 2.44. The van der Waals surface area contributed by atoms with Crippen LogP contribution < -0.4 is 10.7 Å². The number of aromatic nitrogens is 4. The minimum absolute atomic E-state index is 0.0208. The van der Waals surface area contributed by atoms with Crippen molar-refractivity contribution in [3.8, 4) is 5.95 Å². The van der Waals surface area contributed by atoms with E-state index in [0.29, 0.717) is 5.69 Å². The first-order valence-electron chi connectivity index (χ1n) is 7.32. The third kappa shape index (κ3) is 1.62. The number of nitrogens with one attached hydrogen (secondary N) is 1. The minimum atomic E-state index is -1.28. The van der Waals surface area contributed by atoms with Gasteiger partial charge in [-0.05, 0) is 32.1 Å². The predicted molar refractivity (Wildman–Crippen MR) is 75.0 cm³/mol. The standard InChI is InChI=1S/C15H16N4O3/c1-7-5-9(20)17-14(16-7)19-12-10(11(18-19)13(21)22)8-3-4-15(12,2)6-8/h5,8H,3-4,6H2,1-2H3,(H,21,22)(H,16,17,20)/p-1/t8-,15+/m0/s1. The van der Waals surface area contributed by atoms with Gasteiger partial charge in [-0.15, -0.1) is 0 Å². The van der Waals surface area contributed by atoms with Gasteiger partial charge in [0.2, 0.25) is 5.95 Å². The van der Waals surface area contributed by atoms with Crippen LogP contribution in [-0.2, 0) is 5.41 Å². The molecule has 2 bridgehead atoms. The molecule has 0 amide bonds. The van der Waals surface area contributed by atoms with Crippen LogP contribution in [0.1, 0.15) is 59.5 Å². The number of fused-ring (bicyclic) bond motifs is 5. The van der Waals surface area contributed by atoms with Crippen molar-refractivity contribution in [1.82, 2.24) is 19.7 Å². The van der Waals surface area contributed by atoms with Gasteiger partial charge in [0.05, 0.1) is 11.7 Å². The Morgan fingerprint density at radius 3 is 3.00 bits per heavy atom. The lowest BCUT2D eigenvalue weighted by Gasteiger charge is -2.23. The number of H-pyrrole nitrogens is 1. The van der Waals surface area contributed by atoms with E-state index in [2.05, 4.69) is 22.0 Å². The van der Waals surface area contributed by atoms with Crippen LogP contribution in [0.5, 0.6) is 0 Å². The second kappa shape index (κ2) is 4.06. The highest BCUT2D eigenvalue weighted by Gasteiger charge is 2.51. The van der Waals surface area contributed by atoms with Gasteiger partial charge < -0.3 is 9.90 Å². The average molecular weight is 299 g/mol. The first-order valence-corrected chi connectivity index (χ1v) is 7.32. The van der Waals surface area contributed by atoms with Crippen LogP contribution in [0.4, 0.5) is 0 Å². The predicted octanol–water partition coefficient (Wildman–Crippen LogP) is 0.166. The van der Waals surface area contributed by atoms with Gasteiger partial charge in [0, 0.05) is 22.7 Å². The van der Waals surface area contributed by atoms with Gasteiger partial charge >= 0.3 is 0 Å². The lowest BCUT2D eigenvalue weighted by molar-refractivity contribution is -0.255. The molecule has 0 spiro atoms. The second-order valence-corrected chi connectivity index (χ2v) is 6.52. The first-order chi connectivity index (χ1) is 10.4. The number of carbonyl (C=O) groups excluding carboxylic acids is 1. The zero-order valence-electron chi connectivity index (χ0n) is 12.3. The van der Waals surface area contributed by atoms with E-state index < -0.39 is 5.97 Å². The van der Waals surface area contributed by atoms with Gasteiger partial charge in [-0.25, -0.2) is 9.67 Å². The molecule has 0 unspecified atom stereocenters. The third-order valence-corrected chi connectivity index (χ3v) is 4.89. The van der Waals surface area contributed by atoms with Crippen LogP contribution in [0, 0.1) is 6.92 Å². The summed E-state index contributed by atoms with van der Waals surface area (Å²) in [5.41, 5.74) is 1.76. The number of nitrogens with zero attached hydrogens (tertiary/aromatic N) is 3. The fourth-order valence-corrected chi connectivity index (χ4v) is 4.07. The Balaban J connectivity index is 2.03. The highest BCUT2D eigenvalue weighted by Crippen LogP contribution is 2.58. The SMILES string of the molecule is Cc1cc(=O)[nH]c(-n2nc(C(=O)[O-])c3c2[C@]2(C)CC[C@H]3C2)n1. The zero-order chi connectivity index (χ0) is 15.6. The van der Waals surface area contributed by atoms with E-state index in [0.717, 1.165) is 30.5 Å². The molecule has 22 heavy (non-hydrogen) atoms. The van der Waals surface area contributed by atoms with Crippen molar-refractivity contribution >= 4 is 5.97 Å². The average Bonchev–Trinajstić information content (AvgIpc) is 3.05. The molecule has 1 fully saturated rings. The van der Waals surface area contributed by atoms with E-state index in [9.17, 15) is 14.7 Å². The van der Waals surface area contributed by atoms with Crippen LogP contribution in [0.15, 0.2) is 10.9 Å². The largest absolute Gasteiger partial charge is 0.543 e. The van der Waals surface area contributed by atoms with E-state index in [1.807, 2.05) is 0 Å². The molecule has 2 aromatic rings. The zero-order valence-corrected chi connectivity index (χ0v) is 12.3. The number of aromatic amines is 1. The number of hydrogen-bond donors (Lipinski definition) is 1. The summed E-state index contributed by atoms with van der Waals surface area (Å²) in [7, 11) is 0. The molecule has 114 valence electrons. The van der Waals surface area contributed by atoms with E-state index in [-0.39, 0.29) is 28.5 Å². The van der Waals surface area contributed by atoms with Crippen LogP contribution >= 0.6 is 0 Å². The van der Waals surface area contributed by atoms with Crippen molar-refractivity contribution in [3.63, 3.8) is 0 Å². The lowest BCUT2D eigenvalue weighted by Crippen LogP contribution is -2.25. The first kappa shape index (κ1) is 13.2. The quantitative estimate of drug-likeness (QED) is 0.851. The summed E-state index contributed by atoms with van der Waals surface area (Å²) < 4.78 is 1.49. The number of carboxylic acid groups (broad SMARTS) is 1. The van der Waals surface area contributed by atoms with Gasteiger partial charge in [0.15, 0.2) is 0 Å². The maximum absolute atomic E-state index is 11.7. The van der Waals surface area contributed by atoms with Crippen LogP contribution in [0.3, 0.4) is 0 Å². The molecule has 2 heterocycles. The van der Waals surface area contributed by atoms with Gasteiger partial charge in [0.25, 0.3) is 5.56 Å². The van der Waals surface area contributed by atoms with Crippen molar-refractivity contribution in [2.45, 2.75) is 44.4 Å². The molecule has 4 rings (SSSR count). The van der Waals surface area contributed by atoms with Crippen molar-refractivity contribution in [1.29, 1.82) is 0 Å². The summed E-state index contributed by atoms with van der Waals surface area (Å²) >= 11 is 0. The minimum Gasteiger partial charge on any atom is -0.543 e. The van der Waals surface area contributed by atoms with E-state index in [1.54, 1.807) is 6.92 Å². The monoisotopic (exact) mass is 299 g/mol. The van der Waals surface area contributed by atoms with E-state index in [4.69, 9.17) is 0 Å². The molecule has 2 atom stereocenters. The molecule has 2 aliphatic rings. The molecule has 7 nitrogen and oxygen atoms in total. The Hall–Kier alpha value is -2.44. The molecule has 0 radical (unpaired) electrons. The number of aromatic carboxylic acids is 1. The summed E-state index contributed by atoms with van der Waals surface area (Å²) in [6.45, 7) is 3.83. The molecule has 1 N–H and O–H groups in total. The second-order valence-electron chi connectivity index (χ2n) is 6.52. The maximum atomic E-state index is 11.7. The number of aryl methyl sites for hydroxylation is 1. The van der Waals surface area contributed by atoms with Crippen LogP contribution in [0.2, 0.25) is 0 Å². The topological polar surface area (TPSA) is 104 Å². The lowest BCUT2D eigenvalue weighted by atomic mass is 9.85. The fraction of sp³-hybridized carbons (Fsp3) is 0.467.